The molecule has 2 saturated carbocycles. The first-order valence-electron chi connectivity index (χ1n) is 14.3. The van der Waals surface area contributed by atoms with Crippen molar-refractivity contribution < 1.29 is 34.2 Å². The van der Waals surface area contributed by atoms with Crippen LogP contribution in [0.3, 0.4) is 0 Å². The summed E-state index contributed by atoms with van der Waals surface area (Å²) < 4.78 is 0. The van der Waals surface area contributed by atoms with Gasteiger partial charge in [-0.3, -0.25) is 24.0 Å². The molecule has 1 aromatic rings. The first kappa shape index (κ1) is 31.0. The molecule has 5 atom stereocenters. The molecule has 1 aromatic carbocycles. The van der Waals surface area contributed by atoms with Crippen LogP contribution in [-0.2, 0) is 38.7 Å². The highest BCUT2D eigenvalue weighted by molar-refractivity contribution is 6.31. The average molecular weight is 570 g/mol. The number of carbonyl (C=O) groups is 5. The molecule has 3 aliphatic carbocycles. The average Bonchev–Trinajstić information content (AvgIpc) is 2.82. The van der Waals surface area contributed by atoms with E-state index >= 15 is 0 Å². The Morgan fingerprint density at radius 2 is 1.51 bits per heavy atom. The van der Waals surface area contributed by atoms with Gasteiger partial charge in [-0.1, -0.05) is 41.5 Å². The number of hydrogen-bond acceptors (Lipinski definition) is 9. The maximum atomic E-state index is 14.1. The Bertz CT molecular complexity index is 1310. The molecule has 41 heavy (non-hydrogen) atoms. The van der Waals surface area contributed by atoms with Crippen molar-refractivity contribution in [3.8, 4) is 5.75 Å². The normalized spacial score (nSPS) is 28.3. The van der Waals surface area contributed by atoms with E-state index in [-0.39, 0.29) is 41.4 Å². The highest BCUT2D eigenvalue weighted by atomic mass is 16.3. The Hall–Kier alpha value is -2.95. The number of Topliss-reactive ketones (excluding diaryl/α,β-unsaturated/α-hetero) is 4. The lowest BCUT2D eigenvalue weighted by atomic mass is 9.53. The van der Waals surface area contributed by atoms with Crippen LogP contribution < -0.4 is 16.4 Å². The van der Waals surface area contributed by atoms with Crippen molar-refractivity contribution in [2.75, 3.05) is 13.1 Å². The number of rotatable bonds is 7. The molecule has 6 N–H and O–H groups in total. The Kier molecular flexibility index (Phi) is 8.10. The molecule has 0 spiro atoms. The number of nitrogens with two attached hydrogens (primary N) is 1. The van der Waals surface area contributed by atoms with E-state index in [0.717, 1.165) is 5.56 Å². The molecular weight excluding hydrogens is 526 g/mol. The fraction of sp³-hybridized carbons (Fsp3) is 0.645. The van der Waals surface area contributed by atoms with Crippen LogP contribution in [0.1, 0.15) is 81.4 Å². The standard InChI is InChI=1S/C31H43N3O7/c1-29(2,3)13-33-11-16-7-17(12-34-14-30(4,5)6)24(36)22-19(16)9-15-8-18-10-20(35)23(28(32)40)27(39)31(18,41)26(38)21(15)25(22)37/h7,15,18,21,23,33-34,36,41H,8-14H2,1-6H3,(H2,32,40)/t15-,18+,21?,23?,31+/m1/s1. The summed E-state index contributed by atoms with van der Waals surface area (Å²) in [5.41, 5.74) is 4.63. The molecule has 224 valence electrons. The summed E-state index contributed by atoms with van der Waals surface area (Å²) in [5, 5.41) is 29.6. The van der Waals surface area contributed by atoms with Crippen molar-refractivity contribution in [2.24, 2.45) is 40.2 Å². The van der Waals surface area contributed by atoms with Crippen LogP contribution in [0.2, 0.25) is 0 Å². The van der Waals surface area contributed by atoms with Crippen molar-refractivity contribution in [3.63, 3.8) is 0 Å². The van der Waals surface area contributed by atoms with Crippen molar-refractivity contribution in [3.05, 3.63) is 28.3 Å². The number of phenols is 1. The number of primary amides is 1. The second-order valence-electron chi connectivity index (χ2n) is 14.5. The fourth-order valence-electron chi connectivity index (χ4n) is 6.61. The first-order chi connectivity index (χ1) is 18.9. The predicted molar refractivity (Wildman–Crippen MR) is 151 cm³/mol. The molecule has 10 nitrogen and oxygen atoms in total. The fourth-order valence-corrected chi connectivity index (χ4v) is 6.61. The van der Waals surface area contributed by atoms with Gasteiger partial charge in [0.25, 0.3) is 0 Å². The van der Waals surface area contributed by atoms with Crippen LogP contribution in [0.25, 0.3) is 0 Å². The third-order valence-electron chi connectivity index (χ3n) is 8.52. The third kappa shape index (κ3) is 5.74. The van der Waals surface area contributed by atoms with Crippen molar-refractivity contribution >= 4 is 29.0 Å². The maximum absolute atomic E-state index is 14.1. The quantitative estimate of drug-likeness (QED) is 0.305. The summed E-state index contributed by atoms with van der Waals surface area (Å²) in [7, 11) is 0. The van der Waals surface area contributed by atoms with Crippen LogP contribution in [-0.4, -0.2) is 57.9 Å². The number of phenolic OH excluding ortho intramolecular Hbond substituents is 1. The van der Waals surface area contributed by atoms with E-state index < -0.39 is 58.3 Å². The van der Waals surface area contributed by atoms with E-state index in [0.29, 0.717) is 37.3 Å². The number of benzene rings is 1. The van der Waals surface area contributed by atoms with E-state index in [1.807, 2.05) is 6.07 Å². The molecule has 1 amide bonds. The van der Waals surface area contributed by atoms with Gasteiger partial charge in [-0.15, -0.1) is 0 Å². The van der Waals surface area contributed by atoms with E-state index in [4.69, 9.17) is 5.73 Å². The van der Waals surface area contributed by atoms with Crippen molar-refractivity contribution in [2.45, 2.75) is 79.5 Å². The second kappa shape index (κ2) is 10.7. The molecule has 0 bridgehead atoms. The number of ketones is 4. The van der Waals surface area contributed by atoms with Gasteiger partial charge in [0.2, 0.25) is 5.91 Å². The van der Waals surface area contributed by atoms with Crippen molar-refractivity contribution in [1.29, 1.82) is 0 Å². The molecule has 10 heteroatoms. The highest BCUT2D eigenvalue weighted by Crippen LogP contribution is 2.50. The summed E-state index contributed by atoms with van der Waals surface area (Å²) in [6.45, 7) is 14.6. The largest absolute Gasteiger partial charge is 0.507 e. The summed E-state index contributed by atoms with van der Waals surface area (Å²) in [4.78, 5) is 65.5. The molecule has 0 aliphatic heterocycles. The van der Waals surface area contributed by atoms with E-state index in [2.05, 4.69) is 52.2 Å². The molecule has 2 fully saturated rings. The molecule has 0 saturated heterocycles. The lowest BCUT2D eigenvalue weighted by Crippen LogP contribution is -2.68. The van der Waals surface area contributed by atoms with Crippen molar-refractivity contribution in [1.82, 2.24) is 10.6 Å². The number of nitrogens with one attached hydrogen (secondary N) is 2. The van der Waals surface area contributed by atoms with Gasteiger partial charge in [-0.25, -0.2) is 0 Å². The lowest BCUT2D eigenvalue weighted by molar-refractivity contribution is -0.175. The number of hydrogen-bond donors (Lipinski definition) is 5. The zero-order valence-electron chi connectivity index (χ0n) is 24.8. The summed E-state index contributed by atoms with van der Waals surface area (Å²) in [5.74, 6) is -9.98. The molecule has 4 rings (SSSR count). The zero-order chi connectivity index (χ0) is 30.7. The summed E-state index contributed by atoms with van der Waals surface area (Å²) in [6.07, 6.45) is -0.0114. The number of aromatic hydroxyl groups is 1. The number of aliphatic hydroxyl groups is 1. The van der Waals surface area contributed by atoms with Crippen LogP contribution in [0.5, 0.6) is 5.75 Å². The molecule has 0 aromatic heterocycles. The van der Waals surface area contributed by atoms with Crippen LogP contribution in [0.15, 0.2) is 6.07 Å². The predicted octanol–water partition coefficient (Wildman–Crippen LogP) is 1.60. The van der Waals surface area contributed by atoms with Gasteiger partial charge >= 0.3 is 0 Å². The number of amides is 1. The van der Waals surface area contributed by atoms with E-state index in [9.17, 15) is 34.2 Å². The Morgan fingerprint density at radius 3 is 2.05 bits per heavy atom. The SMILES string of the molecule is CC(C)(C)CNCc1cc(CNCC(C)(C)C)c2c(c1O)C(=O)C1C(=O)[C@]3(O)C(=O)C(C(N)=O)C(=O)C[C@@H]3C[C@@H]1C2. The van der Waals surface area contributed by atoms with Gasteiger partial charge in [-0.05, 0) is 46.8 Å². The zero-order valence-corrected chi connectivity index (χ0v) is 24.8. The van der Waals surface area contributed by atoms with Gasteiger partial charge in [0, 0.05) is 44.1 Å². The smallest absolute Gasteiger partial charge is 0.235 e. The summed E-state index contributed by atoms with van der Waals surface area (Å²) in [6, 6.07) is 1.89. The van der Waals surface area contributed by atoms with Crippen LogP contribution in [0.4, 0.5) is 0 Å². The van der Waals surface area contributed by atoms with Gasteiger partial charge in [0.05, 0.1) is 11.5 Å². The minimum atomic E-state index is -2.65. The van der Waals surface area contributed by atoms with Gasteiger partial charge in [0.15, 0.2) is 34.7 Å². The summed E-state index contributed by atoms with van der Waals surface area (Å²) >= 11 is 0. The van der Waals surface area contributed by atoms with E-state index in [1.54, 1.807) is 0 Å². The van der Waals surface area contributed by atoms with Gasteiger partial charge in [0.1, 0.15) is 5.75 Å². The van der Waals surface area contributed by atoms with Gasteiger partial charge < -0.3 is 26.6 Å². The van der Waals surface area contributed by atoms with E-state index in [1.165, 1.54) is 0 Å². The topological polar surface area (TPSA) is 176 Å². The maximum Gasteiger partial charge on any atom is 0.235 e. The van der Waals surface area contributed by atoms with Crippen LogP contribution >= 0.6 is 0 Å². The minimum Gasteiger partial charge on any atom is -0.507 e. The molecule has 0 heterocycles. The lowest BCUT2D eigenvalue weighted by Gasteiger charge is -2.48. The first-order valence-corrected chi connectivity index (χ1v) is 14.3. The number of fused-ring (bicyclic) bond motifs is 3. The Balaban J connectivity index is 1.75. The second-order valence-corrected chi connectivity index (χ2v) is 14.5. The Morgan fingerprint density at radius 1 is 0.951 bits per heavy atom. The number of carbonyl (C=O) groups excluding carboxylic acids is 5. The molecule has 3 aliphatic rings. The minimum absolute atomic E-state index is 0.0120. The Labute approximate surface area is 240 Å². The molecule has 0 radical (unpaired) electrons. The van der Waals surface area contributed by atoms with Gasteiger partial charge in [-0.2, -0.15) is 0 Å². The third-order valence-corrected chi connectivity index (χ3v) is 8.52. The molecule has 2 unspecified atom stereocenters. The molecular formula is C31H43N3O7. The van der Waals surface area contributed by atoms with Crippen LogP contribution in [0, 0.1) is 34.5 Å². The monoisotopic (exact) mass is 569 g/mol. The highest BCUT2D eigenvalue weighted by Gasteiger charge is 2.66.